The summed E-state index contributed by atoms with van der Waals surface area (Å²) in [4.78, 5) is 22.3. The molecule has 0 radical (unpaired) electrons. The van der Waals surface area contributed by atoms with Crippen LogP contribution in [0.5, 0.6) is 5.75 Å². The summed E-state index contributed by atoms with van der Waals surface area (Å²) in [6.07, 6.45) is 2.50. The van der Waals surface area contributed by atoms with Crippen LogP contribution in [0.4, 0.5) is 5.69 Å². The van der Waals surface area contributed by atoms with Crippen LogP contribution < -0.4 is 9.64 Å². The molecule has 29 heavy (non-hydrogen) atoms. The van der Waals surface area contributed by atoms with Crippen molar-refractivity contribution in [3.8, 4) is 5.75 Å². The largest absolute Gasteiger partial charge is 0.487 e. The van der Waals surface area contributed by atoms with E-state index < -0.39 is 0 Å². The number of carbonyl (C=O) groups is 1. The average molecular weight is 385 g/mol. The summed E-state index contributed by atoms with van der Waals surface area (Å²) in [5.74, 6) is 0.906. The van der Waals surface area contributed by atoms with Gasteiger partial charge in [0.2, 0.25) is 5.91 Å². The lowest BCUT2D eigenvalue weighted by molar-refractivity contribution is -0.123. The van der Waals surface area contributed by atoms with Crippen LogP contribution in [0, 0.1) is 0 Å². The molecule has 0 N–H and O–H groups in total. The predicted octanol–water partition coefficient (Wildman–Crippen LogP) is 3.65. The lowest BCUT2D eigenvalue weighted by Gasteiger charge is -2.31. The molecule has 5 nitrogen and oxygen atoms in total. The number of nitrogens with zero attached hydrogens (tertiary/aromatic N) is 3. The zero-order chi connectivity index (χ0) is 19.6. The number of pyridine rings is 1. The number of ether oxygens (including phenoxy) is 1. The van der Waals surface area contributed by atoms with Crippen LogP contribution in [0.2, 0.25) is 0 Å². The van der Waals surface area contributed by atoms with Gasteiger partial charge < -0.3 is 9.64 Å². The van der Waals surface area contributed by atoms with Crippen LogP contribution in [0.1, 0.15) is 17.7 Å². The lowest BCUT2D eigenvalue weighted by atomic mass is 10.1. The lowest BCUT2D eigenvalue weighted by Crippen LogP contribution is -2.45. The van der Waals surface area contributed by atoms with Crippen LogP contribution in [0.15, 0.2) is 79.0 Å². The minimum atomic E-state index is -0.209. The van der Waals surface area contributed by atoms with Gasteiger partial charge in [0.15, 0.2) is 0 Å². The van der Waals surface area contributed by atoms with Crippen molar-refractivity contribution < 1.29 is 9.53 Å². The van der Waals surface area contributed by atoms with E-state index in [1.807, 2.05) is 65.6 Å². The molecule has 2 bridgehead atoms. The van der Waals surface area contributed by atoms with E-state index in [1.54, 1.807) is 6.20 Å². The van der Waals surface area contributed by atoms with Gasteiger partial charge in [0.05, 0.1) is 24.0 Å². The second kappa shape index (κ2) is 7.68. The first-order valence-corrected chi connectivity index (χ1v) is 10.0. The second-order valence-electron chi connectivity index (χ2n) is 7.62. The number of benzene rings is 2. The van der Waals surface area contributed by atoms with Crippen molar-refractivity contribution in [2.24, 2.45) is 0 Å². The second-order valence-corrected chi connectivity index (χ2v) is 7.62. The van der Waals surface area contributed by atoms with Crippen molar-refractivity contribution in [1.82, 2.24) is 9.88 Å². The number of likely N-dealkylation sites (tertiary alicyclic amines) is 1. The zero-order valence-corrected chi connectivity index (χ0v) is 16.1. The molecule has 0 spiro atoms. The fourth-order valence-electron chi connectivity index (χ4n) is 4.27. The van der Waals surface area contributed by atoms with E-state index in [0.717, 1.165) is 29.2 Å². The van der Waals surface area contributed by atoms with Gasteiger partial charge in [-0.1, -0.05) is 48.5 Å². The Kier molecular flexibility index (Phi) is 4.74. The minimum Gasteiger partial charge on any atom is -0.487 e. The molecule has 146 valence electrons. The van der Waals surface area contributed by atoms with Crippen molar-refractivity contribution in [2.45, 2.75) is 31.7 Å². The zero-order valence-electron chi connectivity index (χ0n) is 16.1. The molecular formula is C24H23N3O2. The highest BCUT2D eigenvalue weighted by Crippen LogP contribution is 2.37. The van der Waals surface area contributed by atoms with E-state index in [1.165, 1.54) is 0 Å². The van der Waals surface area contributed by atoms with E-state index in [2.05, 4.69) is 22.0 Å². The summed E-state index contributed by atoms with van der Waals surface area (Å²) in [6.45, 7) is 1.89. The first-order valence-electron chi connectivity index (χ1n) is 10.0. The Labute approximate surface area is 170 Å². The number of hydrogen-bond acceptors (Lipinski definition) is 4. The molecule has 5 heteroatoms. The third-order valence-electron chi connectivity index (χ3n) is 5.64. The van der Waals surface area contributed by atoms with Crippen LogP contribution in [0.25, 0.3) is 0 Å². The molecule has 0 unspecified atom stereocenters. The van der Waals surface area contributed by atoms with Gasteiger partial charge >= 0.3 is 0 Å². The SMILES string of the molecule is O=C1[C@@H]2C[C@@H](CN2Cc2ccccn2)Oc2ccccc2N1Cc1ccccc1. The maximum absolute atomic E-state index is 13.7. The quantitative estimate of drug-likeness (QED) is 0.688. The molecule has 2 aromatic carbocycles. The van der Waals surface area contributed by atoms with E-state index in [0.29, 0.717) is 19.5 Å². The molecule has 0 saturated carbocycles. The van der Waals surface area contributed by atoms with Gasteiger partial charge in [-0.15, -0.1) is 0 Å². The maximum Gasteiger partial charge on any atom is 0.244 e. The highest BCUT2D eigenvalue weighted by molar-refractivity contribution is 5.99. The van der Waals surface area contributed by atoms with E-state index in [-0.39, 0.29) is 18.1 Å². The first kappa shape index (κ1) is 17.9. The van der Waals surface area contributed by atoms with Crippen molar-refractivity contribution >= 4 is 11.6 Å². The van der Waals surface area contributed by atoms with Crippen LogP contribution in [0.3, 0.4) is 0 Å². The third kappa shape index (κ3) is 3.61. The number of aromatic nitrogens is 1. The van der Waals surface area contributed by atoms with Crippen LogP contribution in [-0.2, 0) is 17.9 Å². The Bertz CT molecular complexity index is 993. The summed E-state index contributed by atoms with van der Waals surface area (Å²) in [6, 6.07) is 23.7. The molecule has 3 heterocycles. The van der Waals surface area contributed by atoms with Gasteiger partial charge in [-0.3, -0.25) is 14.7 Å². The molecule has 5 rings (SSSR count). The molecule has 2 aliphatic rings. The van der Waals surface area contributed by atoms with E-state index in [9.17, 15) is 4.79 Å². The highest BCUT2D eigenvalue weighted by atomic mass is 16.5. The number of hydrogen-bond donors (Lipinski definition) is 0. The Morgan fingerprint density at radius 3 is 2.55 bits per heavy atom. The van der Waals surface area contributed by atoms with Gasteiger partial charge in [-0.25, -0.2) is 0 Å². The monoisotopic (exact) mass is 385 g/mol. The number of anilines is 1. The minimum absolute atomic E-state index is 0.00712. The Balaban J connectivity index is 1.49. The summed E-state index contributed by atoms with van der Waals surface area (Å²) >= 11 is 0. The topological polar surface area (TPSA) is 45.7 Å². The normalized spacial score (nSPS) is 21.2. The Morgan fingerprint density at radius 2 is 1.72 bits per heavy atom. The molecule has 1 aromatic heterocycles. The maximum atomic E-state index is 13.7. The van der Waals surface area contributed by atoms with Crippen molar-refractivity contribution in [1.29, 1.82) is 0 Å². The molecule has 1 amide bonds. The first-order chi connectivity index (χ1) is 14.3. The fraction of sp³-hybridized carbons (Fsp3) is 0.250. The van der Waals surface area contributed by atoms with E-state index in [4.69, 9.17) is 4.74 Å². The van der Waals surface area contributed by atoms with Crippen molar-refractivity contribution in [3.63, 3.8) is 0 Å². The number of para-hydroxylation sites is 2. The van der Waals surface area contributed by atoms with Crippen molar-refractivity contribution in [3.05, 3.63) is 90.3 Å². The number of rotatable bonds is 4. The van der Waals surface area contributed by atoms with E-state index >= 15 is 0 Å². The fourth-order valence-corrected chi connectivity index (χ4v) is 4.27. The number of amides is 1. The molecular weight excluding hydrogens is 362 g/mol. The third-order valence-corrected chi connectivity index (χ3v) is 5.64. The molecule has 2 aliphatic heterocycles. The standard InChI is InChI=1S/C24H23N3O2/c28-24-22-14-20(17-26(22)16-19-10-6-7-13-25-19)29-23-12-5-4-11-21(23)27(24)15-18-8-2-1-3-9-18/h1-13,20,22H,14-17H2/t20-,22-/m0/s1. The van der Waals surface area contributed by atoms with Crippen LogP contribution >= 0.6 is 0 Å². The van der Waals surface area contributed by atoms with Crippen LogP contribution in [-0.4, -0.2) is 34.5 Å². The van der Waals surface area contributed by atoms with Gasteiger partial charge in [0.1, 0.15) is 11.9 Å². The molecule has 3 aromatic rings. The average Bonchev–Trinajstić information content (AvgIpc) is 3.16. The number of carbonyl (C=O) groups excluding carboxylic acids is 1. The summed E-state index contributed by atoms with van der Waals surface area (Å²) in [5, 5.41) is 0. The summed E-state index contributed by atoms with van der Waals surface area (Å²) in [5.41, 5.74) is 2.91. The van der Waals surface area contributed by atoms with Gasteiger partial charge in [0, 0.05) is 25.7 Å². The Morgan fingerprint density at radius 1 is 0.931 bits per heavy atom. The molecule has 0 aliphatic carbocycles. The number of fused-ring (bicyclic) bond motifs is 3. The van der Waals surface area contributed by atoms with Crippen molar-refractivity contribution in [2.75, 3.05) is 11.4 Å². The smallest absolute Gasteiger partial charge is 0.244 e. The predicted molar refractivity (Wildman–Crippen MR) is 112 cm³/mol. The van der Waals surface area contributed by atoms with Gasteiger partial charge in [0.25, 0.3) is 0 Å². The Hall–Kier alpha value is -3.18. The van der Waals surface area contributed by atoms with Gasteiger partial charge in [-0.05, 0) is 29.8 Å². The van der Waals surface area contributed by atoms with Gasteiger partial charge in [-0.2, -0.15) is 0 Å². The summed E-state index contributed by atoms with van der Waals surface area (Å²) in [7, 11) is 0. The molecule has 1 saturated heterocycles. The summed E-state index contributed by atoms with van der Waals surface area (Å²) < 4.78 is 6.36. The molecule has 2 atom stereocenters. The molecule has 1 fully saturated rings. The highest BCUT2D eigenvalue weighted by Gasteiger charge is 2.42.